The van der Waals surface area contributed by atoms with Gasteiger partial charge < -0.3 is 4.74 Å². The molecule has 2 saturated heterocycles. The summed E-state index contributed by atoms with van der Waals surface area (Å²) in [7, 11) is 0. The van der Waals surface area contributed by atoms with Crippen LogP contribution in [0.1, 0.15) is 52.9 Å². The van der Waals surface area contributed by atoms with Crippen molar-refractivity contribution in [2.75, 3.05) is 13.1 Å². The van der Waals surface area contributed by atoms with Crippen molar-refractivity contribution in [3.63, 3.8) is 0 Å². The molecular weight excluding hydrogens is 216 g/mol. The summed E-state index contributed by atoms with van der Waals surface area (Å²) in [5, 5.41) is 3.51. The van der Waals surface area contributed by atoms with Crippen LogP contribution in [0.15, 0.2) is 0 Å². The first-order chi connectivity index (χ1) is 7.93. The average molecular weight is 240 g/mol. The molecule has 0 aromatic rings. The zero-order valence-electron chi connectivity index (χ0n) is 11.2. The Bertz CT molecular complexity index is 290. The Hall–Kier alpha value is -0.770. The SMILES string of the molecule is CC(C)(C)OC(=O)N1CCCCC12CCCN2. The largest absolute Gasteiger partial charge is 0.444 e. The topological polar surface area (TPSA) is 41.6 Å². The monoisotopic (exact) mass is 240 g/mol. The molecule has 1 spiro atoms. The van der Waals surface area contributed by atoms with Crippen molar-refractivity contribution in [1.82, 2.24) is 10.2 Å². The molecular formula is C13H24N2O2. The van der Waals surface area contributed by atoms with E-state index in [2.05, 4.69) is 5.32 Å². The number of amides is 1. The maximum absolute atomic E-state index is 12.2. The van der Waals surface area contributed by atoms with E-state index in [0.717, 1.165) is 38.8 Å². The summed E-state index contributed by atoms with van der Waals surface area (Å²) in [5.41, 5.74) is -0.519. The van der Waals surface area contributed by atoms with Crippen LogP contribution < -0.4 is 5.32 Å². The van der Waals surface area contributed by atoms with Gasteiger partial charge in [0.25, 0.3) is 0 Å². The molecule has 17 heavy (non-hydrogen) atoms. The second-order valence-electron chi connectivity index (χ2n) is 6.15. The molecule has 98 valence electrons. The quantitative estimate of drug-likeness (QED) is 0.707. The Morgan fingerprint density at radius 1 is 1.24 bits per heavy atom. The highest BCUT2D eigenvalue weighted by Gasteiger charge is 2.44. The van der Waals surface area contributed by atoms with Crippen LogP contribution in [0.4, 0.5) is 4.79 Å². The summed E-state index contributed by atoms with van der Waals surface area (Å²) in [6.45, 7) is 7.60. The molecule has 1 amide bonds. The zero-order chi connectivity index (χ0) is 12.5. The van der Waals surface area contributed by atoms with Gasteiger partial charge >= 0.3 is 6.09 Å². The number of carbonyl (C=O) groups excluding carboxylic acids is 1. The van der Waals surface area contributed by atoms with E-state index in [1.807, 2.05) is 25.7 Å². The molecule has 4 nitrogen and oxygen atoms in total. The van der Waals surface area contributed by atoms with E-state index >= 15 is 0 Å². The number of rotatable bonds is 0. The van der Waals surface area contributed by atoms with Gasteiger partial charge in [0.2, 0.25) is 0 Å². The van der Waals surface area contributed by atoms with Gasteiger partial charge in [0.05, 0.1) is 5.66 Å². The minimum absolute atomic E-state index is 0.111. The van der Waals surface area contributed by atoms with Gasteiger partial charge in [-0.05, 0) is 59.4 Å². The molecule has 1 unspecified atom stereocenters. The molecule has 4 heteroatoms. The predicted molar refractivity (Wildman–Crippen MR) is 66.8 cm³/mol. The van der Waals surface area contributed by atoms with E-state index in [4.69, 9.17) is 4.74 Å². The molecule has 2 rings (SSSR count). The summed E-state index contributed by atoms with van der Waals surface area (Å²) in [5.74, 6) is 0. The zero-order valence-corrected chi connectivity index (χ0v) is 11.2. The van der Waals surface area contributed by atoms with Crippen LogP contribution in [0.5, 0.6) is 0 Å². The summed E-state index contributed by atoms with van der Waals surface area (Å²) >= 11 is 0. The number of piperidine rings is 1. The third kappa shape index (κ3) is 2.73. The van der Waals surface area contributed by atoms with Gasteiger partial charge in [-0.25, -0.2) is 4.79 Å². The lowest BCUT2D eigenvalue weighted by molar-refractivity contribution is -0.0208. The van der Waals surface area contributed by atoms with Crippen molar-refractivity contribution in [2.24, 2.45) is 0 Å². The van der Waals surface area contributed by atoms with Crippen molar-refractivity contribution in [2.45, 2.75) is 64.1 Å². The lowest BCUT2D eigenvalue weighted by atomic mass is 9.94. The predicted octanol–water partition coefficient (Wildman–Crippen LogP) is 2.49. The van der Waals surface area contributed by atoms with Gasteiger partial charge in [-0.2, -0.15) is 0 Å². The van der Waals surface area contributed by atoms with Gasteiger partial charge in [0, 0.05) is 6.54 Å². The van der Waals surface area contributed by atoms with Crippen molar-refractivity contribution >= 4 is 6.09 Å². The highest BCUT2D eigenvalue weighted by Crippen LogP contribution is 2.34. The van der Waals surface area contributed by atoms with E-state index in [0.29, 0.717) is 0 Å². The summed E-state index contributed by atoms with van der Waals surface area (Å²) in [6.07, 6.45) is 5.40. The van der Waals surface area contributed by atoms with Gasteiger partial charge in [0.15, 0.2) is 0 Å². The summed E-state index contributed by atoms with van der Waals surface area (Å²) in [4.78, 5) is 14.2. The second-order valence-corrected chi connectivity index (χ2v) is 6.15. The highest BCUT2D eigenvalue weighted by atomic mass is 16.6. The van der Waals surface area contributed by atoms with E-state index in [1.54, 1.807) is 0 Å². The standard InChI is InChI=1S/C13H24N2O2/c1-12(2,3)17-11(16)15-10-5-4-7-13(15)8-6-9-14-13/h14H,4-10H2,1-3H3. The molecule has 0 bridgehead atoms. The van der Waals surface area contributed by atoms with Gasteiger partial charge in [-0.15, -0.1) is 0 Å². The van der Waals surface area contributed by atoms with Crippen molar-refractivity contribution in [3.05, 3.63) is 0 Å². The summed E-state index contributed by atoms with van der Waals surface area (Å²) in [6, 6.07) is 0. The Morgan fingerprint density at radius 3 is 2.53 bits per heavy atom. The third-order valence-corrected chi connectivity index (χ3v) is 3.57. The molecule has 2 fully saturated rings. The van der Waals surface area contributed by atoms with E-state index in [9.17, 15) is 4.79 Å². The van der Waals surface area contributed by atoms with Crippen LogP contribution in [-0.4, -0.2) is 35.3 Å². The van der Waals surface area contributed by atoms with Crippen molar-refractivity contribution < 1.29 is 9.53 Å². The fourth-order valence-corrected chi connectivity index (χ4v) is 2.85. The first kappa shape index (κ1) is 12.7. The van der Waals surface area contributed by atoms with E-state index in [-0.39, 0.29) is 11.8 Å². The third-order valence-electron chi connectivity index (χ3n) is 3.57. The Morgan fingerprint density at radius 2 is 1.94 bits per heavy atom. The van der Waals surface area contributed by atoms with Gasteiger partial charge in [0.1, 0.15) is 5.60 Å². The van der Waals surface area contributed by atoms with E-state index in [1.165, 1.54) is 6.42 Å². The number of carbonyl (C=O) groups is 1. The van der Waals surface area contributed by atoms with Crippen LogP contribution in [-0.2, 0) is 4.74 Å². The maximum atomic E-state index is 12.2. The molecule has 0 aromatic carbocycles. The van der Waals surface area contributed by atoms with Crippen LogP contribution in [0.25, 0.3) is 0 Å². The average Bonchev–Trinajstić information content (AvgIpc) is 2.65. The molecule has 2 heterocycles. The Labute approximate surface area is 104 Å². The minimum Gasteiger partial charge on any atom is -0.444 e. The first-order valence-electron chi connectivity index (χ1n) is 6.69. The molecule has 0 radical (unpaired) electrons. The van der Waals surface area contributed by atoms with Crippen LogP contribution in [0.2, 0.25) is 0 Å². The molecule has 0 saturated carbocycles. The minimum atomic E-state index is -0.408. The number of hydrogen-bond donors (Lipinski definition) is 1. The van der Waals surface area contributed by atoms with Gasteiger partial charge in [-0.3, -0.25) is 10.2 Å². The molecule has 0 aromatic heterocycles. The molecule has 2 aliphatic heterocycles. The number of ether oxygens (including phenoxy) is 1. The lowest BCUT2D eigenvalue weighted by Gasteiger charge is -2.45. The molecule has 1 atom stereocenters. The Balaban J connectivity index is 2.08. The van der Waals surface area contributed by atoms with E-state index < -0.39 is 5.60 Å². The number of nitrogens with zero attached hydrogens (tertiary/aromatic N) is 1. The second kappa shape index (κ2) is 4.48. The first-order valence-corrected chi connectivity index (χ1v) is 6.69. The molecule has 1 N–H and O–H groups in total. The van der Waals surface area contributed by atoms with Crippen LogP contribution >= 0.6 is 0 Å². The Kier molecular flexibility index (Phi) is 3.34. The molecule has 2 aliphatic rings. The fourth-order valence-electron chi connectivity index (χ4n) is 2.85. The van der Waals surface area contributed by atoms with Crippen LogP contribution in [0.3, 0.4) is 0 Å². The number of hydrogen-bond acceptors (Lipinski definition) is 3. The lowest BCUT2D eigenvalue weighted by Crippen LogP contribution is -2.60. The van der Waals surface area contributed by atoms with Crippen LogP contribution in [0, 0.1) is 0 Å². The maximum Gasteiger partial charge on any atom is 0.411 e. The fraction of sp³-hybridized carbons (Fsp3) is 0.923. The molecule has 0 aliphatic carbocycles. The van der Waals surface area contributed by atoms with Gasteiger partial charge in [-0.1, -0.05) is 0 Å². The smallest absolute Gasteiger partial charge is 0.411 e. The number of likely N-dealkylation sites (tertiary alicyclic amines) is 1. The summed E-state index contributed by atoms with van der Waals surface area (Å²) < 4.78 is 5.51. The number of nitrogens with one attached hydrogen (secondary N) is 1. The van der Waals surface area contributed by atoms with Crippen molar-refractivity contribution in [1.29, 1.82) is 0 Å². The normalized spacial score (nSPS) is 29.7. The van der Waals surface area contributed by atoms with Crippen molar-refractivity contribution in [3.8, 4) is 0 Å². The highest BCUT2D eigenvalue weighted by molar-refractivity contribution is 5.69.